The van der Waals surface area contributed by atoms with E-state index in [1.807, 2.05) is 97.1 Å². The van der Waals surface area contributed by atoms with Crippen LogP contribution in [0.1, 0.15) is 0 Å². The number of H-pyrrole nitrogens is 2. The number of hydrogen-bond donors (Lipinski definition) is 3. The van der Waals surface area contributed by atoms with Gasteiger partial charge in [-0.2, -0.15) is 0 Å². The summed E-state index contributed by atoms with van der Waals surface area (Å²) >= 11 is -2.36. The third-order valence-corrected chi connectivity index (χ3v) is 7.46. The van der Waals surface area contributed by atoms with Crippen LogP contribution in [0.5, 0.6) is 0 Å². The first kappa shape index (κ1) is 28.7. The first-order valence-electron chi connectivity index (χ1n) is 13.6. The Balaban J connectivity index is 0.000000617. The van der Waals surface area contributed by atoms with E-state index in [9.17, 15) is 0 Å². The van der Waals surface area contributed by atoms with E-state index in [2.05, 4.69) is 15.1 Å². The zero-order valence-electron chi connectivity index (χ0n) is 23.4. The minimum Gasteiger partial charge on any atom is -0.760 e. The molecule has 5 heterocycles. The second kappa shape index (κ2) is 11.5. The Labute approximate surface area is 270 Å². The number of benzene rings is 4. The van der Waals surface area contributed by atoms with Crippen LogP contribution in [0, 0.1) is 0 Å². The monoisotopic (exact) mass is 658 g/mol. The summed E-state index contributed by atoms with van der Waals surface area (Å²) < 4.78 is 17.6. The van der Waals surface area contributed by atoms with Crippen molar-refractivity contribution in [2.75, 3.05) is 0 Å². The van der Waals surface area contributed by atoms with Gasteiger partial charge in [0.15, 0.2) is 23.3 Å². The van der Waals surface area contributed by atoms with Crippen molar-refractivity contribution in [3.63, 3.8) is 0 Å². The molecule has 4 aromatic carbocycles. The zero-order valence-corrected chi connectivity index (χ0v) is 27.2. The Bertz CT molecular complexity index is 2150. The van der Waals surface area contributed by atoms with Crippen molar-refractivity contribution in [3.8, 4) is 45.6 Å². The molecule has 1 atom stereocenters. The average molecular weight is 660 g/mol. The maximum absolute atomic E-state index is 8.78. The van der Waals surface area contributed by atoms with Crippen molar-refractivity contribution < 1.29 is 28.2 Å². The molecule has 9 rings (SSSR count). The molecular formula is C32H20N9O2SZn+. The minimum absolute atomic E-state index is 0. The van der Waals surface area contributed by atoms with Crippen LogP contribution in [0.4, 0.5) is 0 Å². The number of nitrogens with zero attached hydrogens (tertiary/aromatic N) is 6. The molecular weight excluding hydrogens is 640 g/mol. The van der Waals surface area contributed by atoms with Gasteiger partial charge in [0.25, 0.3) is 0 Å². The van der Waals surface area contributed by atoms with Crippen LogP contribution in [0.15, 0.2) is 97.1 Å². The fraction of sp³-hybridized carbons (Fsp3) is 0. The predicted molar refractivity (Wildman–Crippen MR) is 169 cm³/mol. The Kier molecular flexibility index (Phi) is 7.30. The maximum atomic E-state index is 8.78. The fourth-order valence-corrected chi connectivity index (χ4v) is 5.59. The van der Waals surface area contributed by atoms with Gasteiger partial charge in [0.2, 0.25) is 0 Å². The Morgan fingerprint density at radius 1 is 0.467 bits per heavy atom. The topological polar surface area (TPSA) is 175 Å². The molecule has 4 N–H and O–H groups in total. The summed E-state index contributed by atoms with van der Waals surface area (Å²) in [6.07, 6.45) is 0. The Morgan fingerprint density at radius 3 is 0.933 bits per heavy atom. The maximum Gasteiger partial charge on any atom is 2.00 e. The van der Waals surface area contributed by atoms with Crippen LogP contribution in [0.2, 0.25) is 0 Å². The van der Waals surface area contributed by atoms with E-state index in [0.29, 0.717) is 45.9 Å². The van der Waals surface area contributed by atoms with Gasteiger partial charge in [-0.3, -0.25) is 9.35 Å². The summed E-state index contributed by atoms with van der Waals surface area (Å²) in [6.45, 7) is 0. The number of nitrogens with two attached hydrogens (primary N) is 1. The van der Waals surface area contributed by atoms with Crippen molar-refractivity contribution in [1.82, 2.24) is 39.9 Å². The summed E-state index contributed by atoms with van der Waals surface area (Å²) in [7, 11) is 0. The largest absolute Gasteiger partial charge is 2.00 e. The van der Waals surface area contributed by atoms with Crippen LogP contribution < -0.4 is 5.14 Å². The third-order valence-electron chi connectivity index (χ3n) is 7.46. The normalized spacial score (nSPS) is 12.0. The predicted octanol–water partition coefficient (Wildman–Crippen LogP) is 5.61. The molecule has 0 amide bonds. The van der Waals surface area contributed by atoms with Gasteiger partial charge in [0, 0.05) is 55.1 Å². The van der Waals surface area contributed by atoms with E-state index in [1.165, 1.54) is 0 Å². The summed E-state index contributed by atoms with van der Waals surface area (Å²) in [5.41, 5.74) is 6.45. The average Bonchev–Trinajstić information content (AvgIpc) is 3.76. The molecule has 2 aliphatic rings. The van der Waals surface area contributed by atoms with Gasteiger partial charge in [-0.25, -0.2) is 29.9 Å². The minimum atomic E-state index is -2.36. The molecule has 2 aliphatic heterocycles. The van der Waals surface area contributed by atoms with Gasteiger partial charge < -0.3 is 14.5 Å². The SMILES string of the molecule is NS(=O)[O-].[Zn+2].c1ccc2c(c1)-c1nc-2nc2[nH]c(nc3nc(nc4[nH]c(n1)c1ccccc41)-c1ccccc1-3)c1ccccc21. The van der Waals surface area contributed by atoms with Gasteiger partial charge in [-0.1, -0.05) is 97.1 Å². The van der Waals surface area contributed by atoms with E-state index in [1.54, 1.807) is 0 Å². The van der Waals surface area contributed by atoms with E-state index in [-0.39, 0.29) is 19.5 Å². The molecule has 13 heteroatoms. The Morgan fingerprint density at radius 2 is 0.689 bits per heavy atom. The molecule has 3 aromatic heterocycles. The molecule has 0 fully saturated rings. The molecule has 8 bridgehead atoms. The van der Waals surface area contributed by atoms with Crippen molar-refractivity contribution in [2.24, 2.45) is 5.14 Å². The van der Waals surface area contributed by atoms with E-state index in [0.717, 1.165) is 43.8 Å². The Hall–Kier alpha value is -5.07. The molecule has 0 aliphatic carbocycles. The van der Waals surface area contributed by atoms with Gasteiger partial charge in [-0.05, 0) is 0 Å². The van der Waals surface area contributed by atoms with Crippen LogP contribution in [-0.2, 0) is 30.7 Å². The van der Waals surface area contributed by atoms with E-state index in [4.69, 9.17) is 38.7 Å². The van der Waals surface area contributed by atoms with Gasteiger partial charge in [-0.15, -0.1) is 0 Å². The molecule has 45 heavy (non-hydrogen) atoms. The zero-order chi connectivity index (χ0) is 29.8. The van der Waals surface area contributed by atoms with Crippen LogP contribution in [0.25, 0.3) is 89.7 Å². The van der Waals surface area contributed by atoms with Gasteiger partial charge >= 0.3 is 19.5 Å². The van der Waals surface area contributed by atoms with Gasteiger partial charge in [0.05, 0.1) is 0 Å². The van der Waals surface area contributed by atoms with E-state index < -0.39 is 11.3 Å². The molecule has 0 spiro atoms. The molecule has 11 nitrogen and oxygen atoms in total. The number of aromatic nitrogens is 8. The van der Waals surface area contributed by atoms with Crippen molar-refractivity contribution in [1.29, 1.82) is 0 Å². The molecule has 212 valence electrons. The third kappa shape index (κ3) is 5.01. The first-order valence-corrected chi connectivity index (χ1v) is 14.7. The molecule has 1 unspecified atom stereocenters. The second-order valence-corrected chi connectivity index (χ2v) is 10.6. The van der Waals surface area contributed by atoms with Crippen LogP contribution in [-0.4, -0.2) is 48.6 Å². The van der Waals surface area contributed by atoms with Crippen molar-refractivity contribution in [3.05, 3.63) is 97.1 Å². The van der Waals surface area contributed by atoms with Crippen molar-refractivity contribution in [2.45, 2.75) is 0 Å². The second-order valence-electron chi connectivity index (χ2n) is 10.1. The van der Waals surface area contributed by atoms with Crippen molar-refractivity contribution >= 4 is 55.4 Å². The number of hydrogen-bond acceptors (Lipinski definition) is 8. The summed E-state index contributed by atoms with van der Waals surface area (Å²) in [5.74, 6) is 2.39. The summed E-state index contributed by atoms with van der Waals surface area (Å²) in [6, 6.07) is 32.2. The number of fused-ring (bicyclic) bond motifs is 20. The number of aromatic amines is 2. The molecule has 0 radical (unpaired) electrons. The van der Waals surface area contributed by atoms with Crippen LogP contribution in [0.3, 0.4) is 0 Å². The van der Waals surface area contributed by atoms with Crippen LogP contribution >= 0.6 is 0 Å². The standard InChI is InChI=1S/C32H18N8.H3NO2S.Zn/c1-2-10-18-17(9-1)25-33-26(18)38-28-21-13-5-6-14-22(21)30(35-28)40-32-24-16-8-7-15-23(24)31(36-32)39-29-20-12-4-3-11-19(20)27(34-29)37-25;1-4(2)3;/h1-16H,(H2,33,34,35,36,37,38,39,40);1H2,(H,2,3);/q;;+2/p-1. The smallest absolute Gasteiger partial charge is 0.760 e. The fourth-order valence-electron chi connectivity index (χ4n) is 5.59. The quantitative estimate of drug-likeness (QED) is 0.139. The van der Waals surface area contributed by atoms with Gasteiger partial charge in [0.1, 0.15) is 22.6 Å². The molecule has 0 saturated carbocycles. The molecule has 0 saturated heterocycles. The number of nitrogens with one attached hydrogen (secondary N) is 2. The first-order chi connectivity index (χ1) is 21.5. The van der Waals surface area contributed by atoms with E-state index >= 15 is 0 Å². The molecule has 7 aromatic rings. The summed E-state index contributed by atoms with van der Waals surface area (Å²) in [4.78, 5) is 36.8. The number of rotatable bonds is 0. The summed E-state index contributed by atoms with van der Waals surface area (Å²) in [5, 5.41) is 7.85.